The molecule has 0 amide bonds. The lowest BCUT2D eigenvalue weighted by Crippen LogP contribution is -2.26. The van der Waals surface area contributed by atoms with Crippen LogP contribution in [0.5, 0.6) is 0 Å². The molecular weight excluding hydrogens is 182 g/mol. The maximum Gasteiger partial charge on any atom is 0.245 e. The van der Waals surface area contributed by atoms with Crippen molar-refractivity contribution in [2.24, 2.45) is 12.5 Å². The molecular formula is C8H15N5O. The van der Waals surface area contributed by atoms with Crippen LogP contribution in [0.3, 0.4) is 0 Å². The fourth-order valence-electron chi connectivity index (χ4n) is 1.76. The minimum atomic E-state index is -0.320. The molecule has 0 aliphatic carbocycles. The molecule has 14 heavy (non-hydrogen) atoms. The zero-order valence-corrected chi connectivity index (χ0v) is 8.67. The van der Waals surface area contributed by atoms with Crippen LogP contribution in [-0.2, 0) is 7.05 Å². The molecule has 1 aromatic rings. The number of rotatable bonds is 1. The van der Waals surface area contributed by atoms with Gasteiger partial charge in [0.2, 0.25) is 5.95 Å². The number of aliphatic hydroxyl groups excluding tert-OH is 1. The van der Waals surface area contributed by atoms with Crippen molar-refractivity contribution in [3.05, 3.63) is 0 Å². The highest BCUT2D eigenvalue weighted by molar-refractivity contribution is 5.32. The number of hydrogen-bond acceptors (Lipinski definition) is 5. The van der Waals surface area contributed by atoms with Crippen LogP contribution in [0.2, 0.25) is 0 Å². The highest BCUT2D eigenvalue weighted by atomic mass is 16.3. The van der Waals surface area contributed by atoms with Gasteiger partial charge < -0.3 is 10.0 Å². The number of aliphatic hydroxyl groups is 1. The van der Waals surface area contributed by atoms with Gasteiger partial charge in [0.25, 0.3) is 0 Å². The third-order valence-electron chi connectivity index (χ3n) is 2.77. The van der Waals surface area contributed by atoms with Crippen molar-refractivity contribution in [3.63, 3.8) is 0 Å². The summed E-state index contributed by atoms with van der Waals surface area (Å²) in [6.45, 7) is 5.46. The van der Waals surface area contributed by atoms with E-state index in [1.165, 1.54) is 0 Å². The van der Waals surface area contributed by atoms with E-state index >= 15 is 0 Å². The number of anilines is 1. The summed E-state index contributed by atoms with van der Waals surface area (Å²) in [5.74, 6) is 0.717. The summed E-state index contributed by atoms with van der Waals surface area (Å²) in [7, 11) is 1.80. The first-order valence-electron chi connectivity index (χ1n) is 4.66. The average Bonchev–Trinajstić information content (AvgIpc) is 2.58. The van der Waals surface area contributed by atoms with Gasteiger partial charge in [-0.1, -0.05) is 18.9 Å². The lowest BCUT2D eigenvalue weighted by molar-refractivity contribution is 0.0964. The normalized spacial score (nSPS) is 25.7. The van der Waals surface area contributed by atoms with Crippen LogP contribution in [-0.4, -0.2) is 44.5 Å². The Kier molecular flexibility index (Phi) is 1.95. The van der Waals surface area contributed by atoms with Crippen molar-refractivity contribution in [2.75, 3.05) is 18.0 Å². The van der Waals surface area contributed by atoms with Gasteiger partial charge in [-0.15, -0.1) is 0 Å². The van der Waals surface area contributed by atoms with E-state index < -0.39 is 0 Å². The van der Waals surface area contributed by atoms with Crippen LogP contribution in [0.1, 0.15) is 13.8 Å². The van der Waals surface area contributed by atoms with Crippen molar-refractivity contribution in [2.45, 2.75) is 20.0 Å². The highest BCUT2D eigenvalue weighted by Crippen LogP contribution is 2.31. The molecule has 0 radical (unpaired) electrons. The van der Waals surface area contributed by atoms with E-state index in [0.29, 0.717) is 6.54 Å². The first kappa shape index (κ1) is 9.39. The maximum absolute atomic E-state index is 9.80. The monoisotopic (exact) mass is 197 g/mol. The largest absolute Gasteiger partial charge is 0.391 e. The first-order valence-corrected chi connectivity index (χ1v) is 4.66. The van der Waals surface area contributed by atoms with E-state index in [1.807, 2.05) is 18.7 Å². The number of aromatic nitrogens is 4. The molecule has 2 rings (SSSR count). The Morgan fingerprint density at radius 3 is 2.64 bits per heavy atom. The molecule has 0 aromatic carbocycles. The summed E-state index contributed by atoms with van der Waals surface area (Å²) in [5, 5.41) is 21.1. The van der Waals surface area contributed by atoms with Gasteiger partial charge in [-0.05, 0) is 10.4 Å². The SMILES string of the molecule is Cn1nnnc1N1CC(O)C(C)(C)C1. The van der Waals surface area contributed by atoms with Gasteiger partial charge in [0.05, 0.1) is 6.10 Å². The van der Waals surface area contributed by atoms with E-state index in [9.17, 15) is 5.11 Å². The molecule has 6 nitrogen and oxygen atoms in total. The second-order valence-corrected chi connectivity index (χ2v) is 4.49. The predicted octanol–water partition coefficient (Wildman–Crippen LogP) is -0.583. The number of tetrazole rings is 1. The van der Waals surface area contributed by atoms with Crippen molar-refractivity contribution in [3.8, 4) is 0 Å². The molecule has 1 saturated heterocycles. The fourth-order valence-corrected chi connectivity index (χ4v) is 1.76. The summed E-state index contributed by atoms with van der Waals surface area (Å²) in [5.41, 5.74) is -0.0913. The smallest absolute Gasteiger partial charge is 0.245 e. The second kappa shape index (κ2) is 2.91. The molecule has 1 unspecified atom stereocenters. The van der Waals surface area contributed by atoms with Gasteiger partial charge in [-0.2, -0.15) is 0 Å². The van der Waals surface area contributed by atoms with Gasteiger partial charge >= 0.3 is 0 Å². The van der Waals surface area contributed by atoms with Crippen molar-refractivity contribution < 1.29 is 5.11 Å². The number of β-amino-alcohol motifs (C(OH)–C–C–N with tert-alkyl or cyclic N) is 1. The minimum absolute atomic E-state index is 0.0913. The van der Waals surface area contributed by atoms with E-state index in [-0.39, 0.29) is 11.5 Å². The van der Waals surface area contributed by atoms with E-state index in [1.54, 1.807) is 11.7 Å². The third-order valence-corrected chi connectivity index (χ3v) is 2.77. The van der Waals surface area contributed by atoms with E-state index in [2.05, 4.69) is 15.5 Å². The first-order chi connectivity index (χ1) is 6.50. The Balaban J connectivity index is 2.21. The molecule has 1 aliphatic heterocycles. The zero-order chi connectivity index (χ0) is 10.3. The topological polar surface area (TPSA) is 67.1 Å². The quantitative estimate of drug-likeness (QED) is 0.652. The fraction of sp³-hybridized carbons (Fsp3) is 0.875. The summed E-state index contributed by atoms with van der Waals surface area (Å²) >= 11 is 0. The lowest BCUT2D eigenvalue weighted by Gasteiger charge is -2.20. The molecule has 0 saturated carbocycles. The summed E-state index contributed by atoms with van der Waals surface area (Å²) in [6.07, 6.45) is -0.320. The van der Waals surface area contributed by atoms with Gasteiger partial charge in [0, 0.05) is 25.6 Å². The molecule has 1 fully saturated rings. The molecule has 0 spiro atoms. The standard InChI is InChI=1S/C8H15N5O/c1-8(2)5-13(4-6(8)14)7-9-10-11-12(7)3/h6,14H,4-5H2,1-3H3. The molecule has 0 bridgehead atoms. The molecule has 1 N–H and O–H groups in total. The van der Waals surface area contributed by atoms with Crippen LogP contribution in [0, 0.1) is 5.41 Å². The maximum atomic E-state index is 9.80. The third kappa shape index (κ3) is 1.35. The van der Waals surface area contributed by atoms with Crippen LogP contribution in [0.15, 0.2) is 0 Å². The van der Waals surface area contributed by atoms with Crippen LogP contribution in [0.25, 0.3) is 0 Å². The molecule has 6 heteroatoms. The predicted molar refractivity (Wildman–Crippen MR) is 50.8 cm³/mol. The summed E-state index contributed by atoms with van der Waals surface area (Å²) in [4.78, 5) is 2.00. The van der Waals surface area contributed by atoms with Crippen molar-refractivity contribution in [1.29, 1.82) is 0 Å². The average molecular weight is 197 g/mol. The number of aryl methyl sites for hydroxylation is 1. The van der Waals surface area contributed by atoms with Crippen LogP contribution in [0.4, 0.5) is 5.95 Å². The Bertz CT molecular complexity index is 334. The van der Waals surface area contributed by atoms with Gasteiger partial charge in [0.15, 0.2) is 0 Å². The van der Waals surface area contributed by atoms with E-state index in [0.717, 1.165) is 12.5 Å². The minimum Gasteiger partial charge on any atom is -0.391 e. The van der Waals surface area contributed by atoms with Crippen LogP contribution < -0.4 is 4.90 Å². The van der Waals surface area contributed by atoms with Crippen molar-refractivity contribution >= 4 is 5.95 Å². The Morgan fingerprint density at radius 1 is 1.50 bits per heavy atom. The zero-order valence-electron chi connectivity index (χ0n) is 8.67. The van der Waals surface area contributed by atoms with E-state index in [4.69, 9.17) is 0 Å². The Hall–Kier alpha value is -1.17. The molecule has 78 valence electrons. The molecule has 1 aliphatic rings. The molecule has 2 heterocycles. The molecule has 1 atom stereocenters. The number of hydrogen-bond donors (Lipinski definition) is 1. The molecule has 1 aromatic heterocycles. The van der Waals surface area contributed by atoms with Gasteiger partial charge in [-0.3, -0.25) is 0 Å². The Labute approximate surface area is 82.5 Å². The lowest BCUT2D eigenvalue weighted by atomic mass is 9.90. The Morgan fingerprint density at radius 2 is 2.21 bits per heavy atom. The highest BCUT2D eigenvalue weighted by Gasteiger charge is 2.39. The van der Waals surface area contributed by atoms with Crippen LogP contribution >= 0.6 is 0 Å². The van der Waals surface area contributed by atoms with Gasteiger partial charge in [-0.25, -0.2) is 4.68 Å². The summed E-state index contributed by atoms with van der Waals surface area (Å²) < 4.78 is 1.62. The van der Waals surface area contributed by atoms with Gasteiger partial charge in [0.1, 0.15) is 0 Å². The number of nitrogens with zero attached hydrogens (tertiary/aromatic N) is 5. The second-order valence-electron chi connectivity index (χ2n) is 4.49. The van der Waals surface area contributed by atoms with Crippen molar-refractivity contribution in [1.82, 2.24) is 20.2 Å². The summed E-state index contributed by atoms with van der Waals surface area (Å²) in [6, 6.07) is 0.